The molecule has 0 aliphatic heterocycles. The van der Waals surface area contributed by atoms with E-state index in [-0.39, 0.29) is 5.91 Å². The number of aromatic nitrogens is 2. The number of rotatable bonds is 6. The summed E-state index contributed by atoms with van der Waals surface area (Å²) in [4.78, 5) is 10.8. The van der Waals surface area contributed by atoms with E-state index >= 15 is 0 Å². The highest BCUT2D eigenvalue weighted by Gasteiger charge is 2.18. The second kappa shape index (κ2) is 7.01. The van der Waals surface area contributed by atoms with Gasteiger partial charge in [-0.05, 0) is 30.2 Å². The molecule has 6 nitrogen and oxygen atoms in total. The Bertz CT molecular complexity index is 566. The molecule has 1 aromatic heterocycles. The Morgan fingerprint density at radius 3 is 2.62 bits per heavy atom. The molecule has 0 fully saturated rings. The zero-order chi connectivity index (χ0) is 15.2. The Hall–Kier alpha value is -2.18. The number of hydrogen-bond acceptors (Lipinski definition) is 4. The molecule has 3 N–H and O–H groups in total. The van der Waals surface area contributed by atoms with E-state index in [1.54, 1.807) is 23.0 Å². The van der Waals surface area contributed by atoms with Gasteiger partial charge >= 0.3 is 0 Å². The van der Waals surface area contributed by atoms with Gasteiger partial charge < -0.3 is 15.5 Å². The fourth-order valence-electron chi connectivity index (χ4n) is 2.02. The third-order valence-corrected chi connectivity index (χ3v) is 3.18. The molecule has 0 saturated carbocycles. The first-order valence-electron chi connectivity index (χ1n) is 6.78. The normalized spacial score (nSPS) is 13.7. The number of aliphatic hydroxyl groups is 2. The van der Waals surface area contributed by atoms with Crippen LogP contribution in [-0.4, -0.2) is 38.5 Å². The molecular formula is C15H19N3O3. The largest absolute Gasteiger partial charge is 0.390 e. The predicted molar refractivity (Wildman–Crippen MR) is 77.8 cm³/mol. The zero-order valence-corrected chi connectivity index (χ0v) is 11.8. The first-order chi connectivity index (χ1) is 10.1. The van der Waals surface area contributed by atoms with Crippen LogP contribution in [0.15, 0.2) is 42.7 Å². The number of carbonyl (C=O) groups is 1. The number of benzene rings is 1. The highest BCUT2D eigenvalue weighted by atomic mass is 16.3. The summed E-state index contributed by atoms with van der Waals surface area (Å²) in [5, 5.41) is 26.7. The van der Waals surface area contributed by atoms with Gasteiger partial charge in [0.25, 0.3) is 0 Å². The fraction of sp³-hybridized carbons (Fsp3) is 0.333. The Labute approximate surface area is 123 Å². The minimum absolute atomic E-state index is 0.153. The van der Waals surface area contributed by atoms with E-state index in [4.69, 9.17) is 0 Å². The van der Waals surface area contributed by atoms with Gasteiger partial charge in [-0.2, -0.15) is 5.10 Å². The second-order valence-electron chi connectivity index (χ2n) is 4.83. The average Bonchev–Trinajstić information content (AvgIpc) is 3.00. The molecule has 0 radical (unpaired) electrons. The van der Waals surface area contributed by atoms with Gasteiger partial charge in [-0.1, -0.05) is 12.1 Å². The summed E-state index contributed by atoms with van der Waals surface area (Å²) in [6.45, 7) is 1.75. The van der Waals surface area contributed by atoms with E-state index in [1.165, 1.54) is 6.92 Å². The van der Waals surface area contributed by atoms with Crippen LogP contribution in [0.4, 0.5) is 0 Å². The molecular weight excluding hydrogens is 270 g/mol. The van der Waals surface area contributed by atoms with Gasteiger partial charge in [0, 0.05) is 25.9 Å². The summed E-state index contributed by atoms with van der Waals surface area (Å²) in [7, 11) is 0. The molecule has 2 rings (SSSR count). The van der Waals surface area contributed by atoms with Gasteiger partial charge in [0.1, 0.15) is 6.10 Å². The van der Waals surface area contributed by atoms with Crippen molar-refractivity contribution in [2.75, 3.05) is 6.54 Å². The lowest BCUT2D eigenvalue weighted by Crippen LogP contribution is -2.27. The van der Waals surface area contributed by atoms with Gasteiger partial charge in [0.05, 0.1) is 11.8 Å². The quantitative estimate of drug-likeness (QED) is 0.734. The number of carbonyl (C=O) groups excluding carboxylic acids is 1. The lowest BCUT2D eigenvalue weighted by molar-refractivity contribution is -0.119. The molecule has 1 amide bonds. The van der Waals surface area contributed by atoms with Crippen molar-refractivity contribution in [2.45, 2.75) is 25.6 Å². The smallest absolute Gasteiger partial charge is 0.216 e. The van der Waals surface area contributed by atoms with Crippen molar-refractivity contribution >= 4 is 5.91 Å². The minimum Gasteiger partial charge on any atom is -0.390 e. The maximum atomic E-state index is 10.8. The van der Waals surface area contributed by atoms with Crippen LogP contribution in [0.1, 0.15) is 25.0 Å². The predicted octanol–water partition coefficient (Wildman–Crippen LogP) is 0.793. The van der Waals surface area contributed by atoms with Gasteiger partial charge in [-0.3, -0.25) is 4.79 Å². The maximum Gasteiger partial charge on any atom is 0.216 e. The summed E-state index contributed by atoms with van der Waals surface area (Å²) in [6.07, 6.45) is 1.90. The van der Waals surface area contributed by atoms with E-state index in [0.29, 0.717) is 18.5 Å². The zero-order valence-electron chi connectivity index (χ0n) is 11.8. The maximum absolute atomic E-state index is 10.8. The number of nitrogens with zero attached hydrogens (tertiary/aromatic N) is 2. The summed E-state index contributed by atoms with van der Waals surface area (Å²) < 4.78 is 1.71. The first kappa shape index (κ1) is 15.2. The van der Waals surface area contributed by atoms with E-state index in [1.807, 2.05) is 24.4 Å². The Balaban J connectivity index is 1.96. The molecule has 0 saturated heterocycles. The van der Waals surface area contributed by atoms with E-state index < -0.39 is 12.2 Å². The third kappa shape index (κ3) is 4.14. The molecule has 6 heteroatoms. The van der Waals surface area contributed by atoms with Crippen LogP contribution >= 0.6 is 0 Å². The van der Waals surface area contributed by atoms with Crippen molar-refractivity contribution in [3.63, 3.8) is 0 Å². The molecule has 0 aliphatic rings. The van der Waals surface area contributed by atoms with Crippen molar-refractivity contribution in [1.82, 2.24) is 15.1 Å². The summed E-state index contributed by atoms with van der Waals surface area (Å²) in [5.74, 6) is -0.153. The van der Waals surface area contributed by atoms with Crippen LogP contribution in [0.25, 0.3) is 5.69 Å². The van der Waals surface area contributed by atoms with E-state index in [0.717, 1.165) is 5.69 Å². The summed E-state index contributed by atoms with van der Waals surface area (Å²) >= 11 is 0. The van der Waals surface area contributed by atoms with Crippen LogP contribution < -0.4 is 5.32 Å². The van der Waals surface area contributed by atoms with Gasteiger partial charge in [0.2, 0.25) is 5.91 Å². The Kier molecular flexibility index (Phi) is 5.08. The first-order valence-corrected chi connectivity index (χ1v) is 6.78. The molecule has 21 heavy (non-hydrogen) atoms. The van der Waals surface area contributed by atoms with Gasteiger partial charge in [-0.25, -0.2) is 4.68 Å². The molecule has 1 aromatic carbocycles. The van der Waals surface area contributed by atoms with Crippen molar-refractivity contribution in [3.05, 3.63) is 48.3 Å². The molecule has 1 heterocycles. The molecule has 0 bridgehead atoms. The Morgan fingerprint density at radius 1 is 1.33 bits per heavy atom. The Morgan fingerprint density at radius 2 is 2.05 bits per heavy atom. The van der Waals surface area contributed by atoms with Crippen molar-refractivity contribution in [3.8, 4) is 5.69 Å². The number of aliphatic hydroxyl groups excluding tert-OH is 2. The van der Waals surface area contributed by atoms with Gasteiger partial charge in [-0.15, -0.1) is 0 Å². The SMILES string of the molecule is CC(=O)NCCC(O)C(O)c1ccc(-n2cccn2)cc1. The summed E-state index contributed by atoms with van der Waals surface area (Å²) in [5.41, 5.74) is 1.50. The second-order valence-corrected chi connectivity index (χ2v) is 4.83. The van der Waals surface area contributed by atoms with E-state index in [2.05, 4.69) is 10.4 Å². The molecule has 0 spiro atoms. The van der Waals surface area contributed by atoms with Crippen LogP contribution in [-0.2, 0) is 4.79 Å². The van der Waals surface area contributed by atoms with Crippen molar-refractivity contribution in [1.29, 1.82) is 0 Å². The topological polar surface area (TPSA) is 87.4 Å². The molecule has 112 valence electrons. The molecule has 2 atom stereocenters. The lowest BCUT2D eigenvalue weighted by atomic mass is 10.0. The van der Waals surface area contributed by atoms with Gasteiger partial charge in [0.15, 0.2) is 0 Å². The summed E-state index contributed by atoms with van der Waals surface area (Å²) in [6, 6.07) is 8.99. The van der Waals surface area contributed by atoms with Crippen molar-refractivity contribution in [2.24, 2.45) is 0 Å². The lowest BCUT2D eigenvalue weighted by Gasteiger charge is -2.18. The molecule has 2 unspecified atom stereocenters. The average molecular weight is 289 g/mol. The van der Waals surface area contributed by atoms with Crippen LogP contribution in [0.3, 0.4) is 0 Å². The highest BCUT2D eigenvalue weighted by molar-refractivity contribution is 5.72. The number of hydrogen-bond donors (Lipinski definition) is 3. The van der Waals surface area contributed by atoms with Crippen LogP contribution in [0.5, 0.6) is 0 Å². The third-order valence-electron chi connectivity index (χ3n) is 3.18. The van der Waals surface area contributed by atoms with Crippen LogP contribution in [0, 0.1) is 0 Å². The van der Waals surface area contributed by atoms with Crippen molar-refractivity contribution < 1.29 is 15.0 Å². The molecule has 2 aromatic rings. The van der Waals surface area contributed by atoms with E-state index in [9.17, 15) is 15.0 Å². The standard InChI is InChI=1S/C15H19N3O3/c1-11(19)16-9-7-14(20)15(21)12-3-5-13(6-4-12)18-10-2-8-17-18/h2-6,8,10,14-15,20-21H,7,9H2,1H3,(H,16,19). The van der Waals surface area contributed by atoms with Crippen LogP contribution in [0.2, 0.25) is 0 Å². The molecule has 0 aliphatic carbocycles. The highest BCUT2D eigenvalue weighted by Crippen LogP contribution is 2.20. The minimum atomic E-state index is -0.981. The fourth-order valence-corrected chi connectivity index (χ4v) is 2.02. The monoisotopic (exact) mass is 289 g/mol. The number of nitrogens with one attached hydrogen (secondary N) is 1. The number of amides is 1.